The second-order valence-electron chi connectivity index (χ2n) is 7.66. The van der Waals surface area contributed by atoms with Crippen molar-refractivity contribution >= 4 is 6.09 Å². The second kappa shape index (κ2) is 5.88. The average Bonchev–Trinajstić information content (AvgIpc) is 2.53. The summed E-state index contributed by atoms with van der Waals surface area (Å²) in [7, 11) is 1.52. The van der Waals surface area contributed by atoms with Gasteiger partial charge in [0.25, 0.3) is 0 Å². The predicted octanol–water partition coefficient (Wildman–Crippen LogP) is 2.09. The molecule has 1 N–H and O–H groups in total. The van der Waals surface area contributed by atoms with Crippen molar-refractivity contribution in [1.29, 1.82) is 0 Å². The third-order valence-corrected chi connectivity index (χ3v) is 4.74. The standard InChI is InChI=1S/C17H25N3O4/c1-16(2,3)24-15(21)20-10-11-5-6-13(20)17(22,7-11)12-8-19-14(23-4)9-18-12/h8-9,11,13,22H,5-7,10H2,1-4H3. The zero-order valence-electron chi connectivity index (χ0n) is 14.7. The van der Waals surface area contributed by atoms with Crippen LogP contribution in [-0.4, -0.2) is 51.4 Å². The maximum Gasteiger partial charge on any atom is 0.410 e. The molecule has 1 aromatic rings. The highest BCUT2D eigenvalue weighted by atomic mass is 16.6. The first kappa shape index (κ1) is 17.0. The van der Waals surface area contributed by atoms with E-state index in [1.54, 1.807) is 4.90 Å². The highest BCUT2D eigenvalue weighted by Crippen LogP contribution is 2.47. The second-order valence-corrected chi connectivity index (χ2v) is 7.66. The molecule has 2 aliphatic heterocycles. The van der Waals surface area contributed by atoms with Gasteiger partial charge in [-0.25, -0.2) is 9.78 Å². The Morgan fingerprint density at radius 3 is 2.62 bits per heavy atom. The van der Waals surface area contributed by atoms with Crippen LogP contribution in [0.1, 0.15) is 45.7 Å². The van der Waals surface area contributed by atoms with E-state index in [0.717, 1.165) is 12.8 Å². The van der Waals surface area contributed by atoms with Crippen molar-refractivity contribution in [2.24, 2.45) is 5.92 Å². The van der Waals surface area contributed by atoms with E-state index in [-0.39, 0.29) is 18.1 Å². The Bertz CT molecular complexity index is 613. The Morgan fingerprint density at radius 2 is 2.08 bits per heavy atom. The fourth-order valence-corrected chi connectivity index (χ4v) is 3.73. The van der Waals surface area contributed by atoms with Crippen molar-refractivity contribution in [2.75, 3.05) is 13.7 Å². The summed E-state index contributed by atoms with van der Waals surface area (Å²) in [4.78, 5) is 22.7. The third-order valence-electron chi connectivity index (χ3n) is 4.74. The van der Waals surface area contributed by atoms with Crippen LogP contribution in [0.25, 0.3) is 0 Å². The lowest BCUT2D eigenvalue weighted by molar-refractivity contribution is -0.136. The number of amides is 1. The summed E-state index contributed by atoms with van der Waals surface area (Å²) in [6.45, 7) is 6.14. The quantitative estimate of drug-likeness (QED) is 0.891. The molecule has 3 heterocycles. The number of ether oxygens (including phenoxy) is 2. The molecule has 7 nitrogen and oxygen atoms in total. The lowest BCUT2D eigenvalue weighted by atomic mass is 9.68. The maximum atomic E-state index is 12.6. The summed E-state index contributed by atoms with van der Waals surface area (Å²) in [5, 5.41) is 11.3. The largest absolute Gasteiger partial charge is 0.480 e. The summed E-state index contributed by atoms with van der Waals surface area (Å²) < 4.78 is 10.5. The molecule has 0 spiro atoms. The third kappa shape index (κ3) is 3.05. The first-order valence-corrected chi connectivity index (χ1v) is 8.31. The molecule has 1 amide bonds. The van der Waals surface area contributed by atoms with Crippen molar-refractivity contribution in [2.45, 2.75) is 57.3 Å². The normalized spacial score (nSPS) is 29.5. The zero-order valence-corrected chi connectivity index (χ0v) is 14.7. The number of hydrogen-bond acceptors (Lipinski definition) is 6. The fourth-order valence-electron chi connectivity index (χ4n) is 3.73. The van der Waals surface area contributed by atoms with Gasteiger partial charge in [0.05, 0.1) is 31.2 Å². The SMILES string of the molecule is COc1cnc(C2(O)CC3CCC2N(C(=O)OC(C)(C)C)C3)cn1. The van der Waals surface area contributed by atoms with E-state index in [4.69, 9.17) is 9.47 Å². The number of rotatable bonds is 2. The van der Waals surface area contributed by atoms with Gasteiger partial charge in [-0.3, -0.25) is 4.98 Å². The number of methoxy groups -OCH3 is 1. The Hall–Kier alpha value is -1.89. The van der Waals surface area contributed by atoms with E-state index in [0.29, 0.717) is 24.5 Å². The predicted molar refractivity (Wildman–Crippen MR) is 86.5 cm³/mol. The maximum absolute atomic E-state index is 12.6. The topological polar surface area (TPSA) is 84.8 Å². The monoisotopic (exact) mass is 335 g/mol. The van der Waals surface area contributed by atoms with Gasteiger partial charge in [-0.2, -0.15) is 0 Å². The van der Waals surface area contributed by atoms with Crippen LogP contribution in [0.2, 0.25) is 0 Å². The van der Waals surface area contributed by atoms with Crippen LogP contribution in [-0.2, 0) is 10.3 Å². The fraction of sp³-hybridized carbons (Fsp3) is 0.706. The van der Waals surface area contributed by atoms with Crippen LogP contribution in [0.15, 0.2) is 12.4 Å². The van der Waals surface area contributed by atoms with Crippen molar-refractivity contribution < 1.29 is 19.4 Å². The molecule has 1 saturated carbocycles. The van der Waals surface area contributed by atoms with Crippen molar-refractivity contribution in [3.8, 4) is 5.88 Å². The highest BCUT2D eigenvalue weighted by Gasteiger charge is 2.54. The lowest BCUT2D eigenvalue weighted by Crippen LogP contribution is -2.63. The number of nitrogens with zero attached hydrogens (tertiary/aromatic N) is 3. The summed E-state index contributed by atoms with van der Waals surface area (Å²) in [5.74, 6) is 0.628. The van der Waals surface area contributed by atoms with E-state index in [1.165, 1.54) is 19.5 Å². The Balaban J connectivity index is 1.87. The Morgan fingerprint density at radius 1 is 1.33 bits per heavy atom. The minimum atomic E-state index is -1.20. The summed E-state index contributed by atoms with van der Waals surface area (Å²) in [6.07, 6.45) is 4.96. The molecule has 3 atom stereocenters. The Kier molecular flexibility index (Phi) is 4.15. The first-order chi connectivity index (χ1) is 11.2. The smallest absolute Gasteiger partial charge is 0.410 e. The van der Waals surface area contributed by atoms with Crippen LogP contribution >= 0.6 is 0 Å². The first-order valence-electron chi connectivity index (χ1n) is 8.31. The number of carbonyl (C=O) groups is 1. The van der Waals surface area contributed by atoms with Gasteiger partial charge in [0.1, 0.15) is 11.2 Å². The molecule has 132 valence electrons. The van der Waals surface area contributed by atoms with Crippen molar-refractivity contribution in [3.05, 3.63) is 18.1 Å². The van der Waals surface area contributed by atoms with E-state index in [9.17, 15) is 9.90 Å². The van der Waals surface area contributed by atoms with Crippen LogP contribution < -0.4 is 4.74 Å². The number of piperidine rings is 2. The summed E-state index contributed by atoms with van der Waals surface area (Å²) >= 11 is 0. The minimum Gasteiger partial charge on any atom is -0.480 e. The molecule has 4 rings (SSSR count). The molecule has 3 fully saturated rings. The number of hydrogen-bond donors (Lipinski definition) is 1. The molecule has 1 aliphatic carbocycles. The van der Waals surface area contributed by atoms with Gasteiger partial charge in [0.2, 0.25) is 5.88 Å². The molecule has 3 unspecified atom stereocenters. The molecule has 7 heteroatoms. The van der Waals surface area contributed by atoms with Gasteiger partial charge in [0, 0.05) is 6.54 Å². The zero-order chi connectivity index (χ0) is 17.5. The lowest BCUT2D eigenvalue weighted by Gasteiger charge is -2.53. The van der Waals surface area contributed by atoms with Gasteiger partial charge < -0.3 is 19.5 Å². The Labute approximate surface area is 142 Å². The molecular formula is C17H25N3O4. The van der Waals surface area contributed by atoms with Gasteiger partial charge in [-0.05, 0) is 46.0 Å². The van der Waals surface area contributed by atoms with Crippen LogP contribution in [0.5, 0.6) is 5.88 Å². The number of aliphatic hydroxyl groups is 1. The summed E-state index contributed by atoms with van der Waals surface area (Å²) in [5.41, 5.74) is -1.28. The molecule has 1 aromatic heterocycles. The molecule has 2 bridgehead atoms. The molecule has 24 heavy (non-hydrogen) atoms. The van der Waals surface area contributed by atoms with Crippen molar-refractivity contribution in [1.82, 2.24) is 14.9 Å². The van der Waals surface area contributed by atoms with E-state index in [2.05, 4.69) is 9.97 Å². The molecule has 0 radical (unpaired) electrons. The van der Waals surface area contributed by atoms with Gasteiger partial charge >= 0.3 is 6.09 Å². The van der Waals surface area contributed by atoms with Crippen LogP contribution in [0.4, 0.5) is 4.79 Å². The minimum absolute atomic E-state index is 0.233. The van der Waals surface area contributed by atoms with E-state index < -0.39 is 11.2 Å². The van der Waals surface area contributed by atoms with Crippen LogP contribution in [0.3, 0.4) is 0 Å². The number of aromatic nitrogens is 2. The summed E-state index contributed by atoms with van der Waals surface area (Å²) in [6, 6.07) is -0.347. The molecule has 2 saturated heterocycles. The van der Waals surface area contributed by atoms with Crippen LogP contribution in [0, 0.1) is 5.92 Å². The number of fused-ring (bicyclic) bond motifs is 3. The van der Waals surface area contributed by atoms with Gasteiger partial charge in [-0.15, -0.1) is 0 Å². The molecule has 0 aromatic carbocycles. The number of carbonyl (C=O) groups excluding carboxylic acids is 1. The average molecular weight is 335 g/mol. The molecular weight excluding hydrogens is 310 g/mol. The van der Waals surface area contributed by atoms with E-state index in [1.807, 2.05) is 20.8 Å². The van der Waals surface area contributed by atoms with Gasteiger partial charge in [-0.1, -0.05) is 0 Å². The van der Waals surface area contributed by atoms with Crippen molar-refractivity contribution in [3.63, 3.8) is 0 Å². The molecule has 3 aliphatic rings. The van der Waals surface area contributed by atoms with E-state index >= 15 is 0 Å². The highest BCUT2D eigenvalue weighted by molar-refractivity contribution is 5.69. The van der Waals surface area contributed by atoms with Gasteiger partial charge in [0.15, 0.2) is 0 Å².